The topological polar surface area (TPSA) is 71.4 Å². The van der Waals surface area contributed by atoms with Gasteiger partial charge in [-0.05, 0) is 57.0 Å². The first kappa shape index (κ1) is 22.0. The summed E-state index contributed by atoms with van der Waals surface area (Å²) in [6, 6.07) is 8.15. The molecular formula is C22H35N5O. The maximum absolute atomic E-state index is 12.6. The van der Waals surface area contributed by atoms with Gasteiger partial charge in [-0.2, -0.15) is 5.26 Å². The maximum atomic E-state index is 12.6. The fourth-order valence-corrected chi connectivity index (χ4v) is 3.29. The van der Waals surface area contributed by atoms with Gasteiger partial charge in [0.2, 0.25) is 5.91 Å². The van der Waals surface area contributed by atoms with Crippen LogP contribution in [0.1, 0.15) is 40.2 Å². The van der Waals surface area contributed by atoms with Gasteiger partial charge in [0.15, 0.2) is 0 Å². The largest absolute Gasteiger partial charge is 0.374 e. The van der Waals surface area contributed by atoms with E-state index in [9.17, 15) is 10.1 Å². The summed E-state index contributed by atoms with van der Waals surface area (Å²) in [5.41, 5.74) is 2.42. The molecule has 1 heterocycles. The molecule has 28 heavy (non-hydrogen) atoms. The van der Waals surface area contributed by atoms with E-state index in [-0.39, 0.29) is 11.8 Å². The average Bonchev–Trinajstić information content (AvgIpc) is 2.69. The number of nitriles is 1. The predicted octanol–water partition coefficient (Wildman–Crippen LogP) is 2.99. The van der Waals surface area contributed by atoms with Gasteiger partial charge in [0.1, 0.15) is 11.6 Å². The van der Waals surface area contributed by atoms with Crippen molar-refractivity contribution in [2.45, 2.75) is 53.1 Å². The highest BCUT2D eigenvalue weighted by Gasteiger charge is 2.31. The standard InChI is InChI=1S/C22H35N5O/c1-7-26-10-12-27(13-11-26)19-8-9-20(17(4)14-19)24-18(5)21(28)25-22(6,15-23)16(2)3/h8-9,14,16,18,24H,7,10-13H2,1-6H3,(H,25,28)/t18-,22-/m1/s1. The van der Waals surface area contributed by atoms with Gasteiger partial charge in [-0.1, -0.05) is 20.8 Å². The second-order valence-corrected chi connectivity index (χ2v) is 8.24. The van der Waals surface area contributed by atoms with E-state index >= 15 is 0 Å². The highest BCUT2D eigenvalue weighted by atomic mass is 16.2. The number of hydrogen-bond acceptors (Lipinski definition) is 5. The zero-order valence-corrected chi connectivity index (χ0v) is 18.2. The van der Waals surface area contributed by atoms with Gasteiger partial charge in [0, 0.05) is 37.6 Å². The van der Waals surface area contributed by atoms with E-state index in [1.54, 1.807) is 6.92 Å². The number of carbonyl (C=O) groups excluding carboxylic acids is 1. The molecule has 0 bridgehead atoms. The third-order valence-corrected chi connectivity index (χ3v) is 5.93. The number of nitrogens with zero attached hydrogens (tertiary/aromatic N) is 3. The molecule has 1 aliphatic rings. The summed E-state index contributed by atoms with van der Waals surface area (Å²) in [6.45, 7) is 17.1. The van der Waals surface area contributed by atoms with Gasteiger partial charge >= 0.3 is 0 Å². The molecule has 0 aliphatic carbocycles. The SMILES string of the molecule is CCN1CCN(c2ccc(N[C@H](C)C(=O)N[C@](C)(C#N)C(C)C)c(C)c2)CC1. The van der Waals surface area contributed by atoms with Crippen LogP contribution in [-0.2, 0) is 4.79 Å². The molecule has 0 unspecified atom stereocenters. The van der Waals surface area contributed by atoms with Crippen LogP contribution >= 0.6 is 0 Å². The lowest BCUT2D eigenvalue weighted by Crippen LogP contribution is -2.53. The van der Waals surface area contributed by atoms with Crippen LogP contribution in [0.4, 0.5) is 11.4 Å². The normalized spacial score (nSPS) is 18.3. The summed E-state index contributed by atoms with van der Waals surface area (Å²) in [7, 11) is 0. The predicted molar refractivity (Wildman–Crippen MR) is 116 cm³/mol. The molecule has 2 rings (SSSR count). The van der Waals surface area contributed by atoms with Crippen LogP contribution < -0.4 is 15.5 Å². The van der Waals surface area contributed by atoms with Crippen LogP contribution in [0.3, 0.4) is 0 Å². The van der Waals surface area contributed by atoms with Gasteiger partial charge in [-0.3, -0.25) is 4.79 Å². The van der Waals surface area contributed by atoms with Crippen LogP contribution in [0, 0.1) is 24.2 Å². The third kappa shape index (κ3) is 5.17. The maximum Gasteiger partial charge on any atom is 0.243 e. The Morgan fingerprint density at radius 2 is 1.89 bits per heavy atom. The van der Waals surface area contributed by atoms with Gasteiger partial charge in [-0.15, -0.1) is 0 Å². The molecule has 0 saturated carbocycles. The second kappa shape index (κ2) is 9.29. The Balaban J connectivity index is 2.01. The molecule has 1 aliphatic heterocycles. The summed E-state index contributed by atoms with van der Waals surface area (Å²) in [5.74, 6) is -0.139. The van der Waals surface area contributed by atoms with Crippen molar-refractivity contribution in [3.05, 3.63) is 23.8 Å². The summed E-state index contributed by atoms with van der Waals surface area (Å²) < 4.78 is 0. The van der Waals surface area contributed by atoms with Crippen molar-refractivity contribution < 1.29 is 4.79 Å². The van der Waals surface area contributed by atoms with E-state index < -0.39 is 11.6 Å². The van der Waals surface area contributed by atoms with Gasteiger partial charge < -0.3 is 20.4 Å². The van der Waals surface area contributed by atoms with Crippen molar-refractivity contribution in [1.82, 2.24) is 10.2 Å². The zero-order valence-electron chi connectivity index (χ0n) is 18.2. The minimum Gasteiger partial charge on any atom is -0.374 e. The van der Waals surface area contributed by atoms with E-state index in [1.807, 2.05) is 26.8 Å². The van der Waals surface area contributed by atoms with E-state index in [0.29, 0.717) is 0 Å². The van der Waals surface area contributed by atoms with Gasteiger partial charge in [-0.25, -0.2) is 0 Å². The number of amides is 1. The van der Waals surface area contributed by atoms with Crippen LogP contribution in [0.25, 0.3) is 0 Å². The Bertz CT molecular complexity index is 718. The highest BCUT2D eigenvalue weighted by molar-refractivity contribution is 5.85. The first-order chi connectivity index (χ1) is 13.2. The number of hydrogen-bond donors (Lipinski definition) is 2. The monoisotopic (exact) mass is 385 g/mol. The molecule has 0 aromatic heterocycles. The lowest BCUT2D eigenvalue weighted by molar-refractivity contribution is -0.123. The number of likely N-dealkylation sites (N-methyl/N-ethyl adjacent to an activating group) is 1. The molecular weight excluding hydrogens is 350 g/mol. The van der Waals surface area contributed by atoms with Crippen molar-refractivity contribution in [3.8, 4) is 6.07 Å². The van der Waals surface area contributed by atoms with E-state index in [0.717, 1.165) is 44.0 Å². The number of rotatable bonds is 7. The summed E-state index contributed by atoms with van der Waals surface area (Å²) >= 11 is 0. The zero-order chi connectivity index (χ0) is 20.9. The number of anilines is 2. The lowest BCUT2D eigenvalue weighted by atomic mass is 9.90. The Kier molecular flexibility index (Phi) is 7.31. The fraction of sp³-hybridized carbons (Fsp3) is 0.636. The number of carbonyl (C=O) groups is 1. The van der Waals surface area contributed by atoms with Gasteiger partial charge in [0.05, 0.1) is 6.07 Å². The number of aryl methyl sites for hydroxylation is 1. The molecule has 6 nitrogen and oxygen atoms in total. The van der Waals surface area contributed by atoms with Crippen molar-refractivity contribution in [2.75, 3.05) is 42.9 Å². The van der Waals surface area contributed by atoms with Crippen LogP contribution in [-0.4, -0.2) is 55.1 Å². The van der Waals surface area contributed by atoms with E-state index in [4.69, 9.17) is 0 Å². The fourth-order valence-electron chi connectivity index (χ4n) is 3.29. The molecule has 154 valence electrons. The Hall–Kier alpha value is -2.26. The van der Waals surface area contributed by atoms with E-state index in [1.165, 1.54) is 5.69 Å². The third-order valence-electron chi connectivity index (χ3n) is 5.93. The molecule has 1 aromatic carbocycles. The number of benzene rings is 1. The summed E-state index contributed by atoms with van der Waals surface area (Å²) in [4.78, 5) is 17.5. The second-order valence-electron chi connectivity index (χ2n) is 8.24. The van der Waals surface area contributed by atoms with Crippen molar-refractivity contribution in [3.63, 3.8) is 0 Å². The van der Waals surface area contributed by atoms with Crippen molar-refractivity contribution in [2.24, 2.45) is 5.92 Å². The molecule has 1 fully saturated rings. The summed E-state index contributed by atoms with van der Waals surface area (Å²) in [6.07, 6.45) is 0. The van der Waals surface area contributed by atoms with Crippen LogP contribution in [0.5, 0.6) is 0 Å². The van der Waals surface area contributed by atoms with Crippen molar-refractivity contribution in [1.29, 1.82) is 5.26 Å². The smallest absolute Gasteiger partial charge is 0.243 e. The Morgan fingerprint density at radius 3 is 2.39 bits per heavy atom. The molecule has 2 atom stereocenters. The quantitative estimate of drug-likeness (QED) is 0.755. The molecule has 6 heteroatoms. The molecule has 1 saturated heterocycles. The molecule has 0 spiro atoms. The summed E-state index contributed by atoms with van der Waals surface area (Å²) in [5, 5.41) is 15.6. The van der Waals surface area contributed by atoms with E-state index in [2.05, 4.69) is 52.5 Å². The Morgan fingerprint density at radius 1 is 1.25 bits per heavy atom. The first-order valence-corrected chi connectivity index (χ1v) is 10.3. The first-order valence-electron chi connectivity index (χ1n) is 10.3. The average molecular weight is 386 g/mol. The van der Waals surface area contributed by atoms with Gasteiger partial charge in [0.25, 0.3) is 0 Å². The van der Waals surface area contributed by atoms with Crippen LogP contribution in [0.15, 0.2) is 18.2 Å². The van der Waals surface area contributed by atoms with Crippen molar-refractivity contribution >= 4 is 17.3 Å². The minimum atomic E-state index is -0.868. The highest BCUT2D eigenvalue weighted by Crippen LogP contribution is 2.24. The van der Waals surface area contributed by atoms with Crippen LogP contribution in [0.2, 0.25) is 0 Å². The lowest BCUT2D eigenvalue weighted by Gasteiger charge is -2.35. The number of piperazine rings is 1. The minimum absolute atomic E-state index is 0.0304. The molecule has 1 amide bonds. The Labute approximate surface area is 169 Å². The molecule has 1 aromatic rings. The number of nitrogens with one attached hydrogen (secondary N) is 2. The molecule has 0 radical (unpaired) electrons. The molecule has 2 N–H and O–H groups in total.